The summed E-state index contributed by atoms with van der Waals surface area (Å²) in [6.45, 7) is 6.40. The second-order valence-corrected chi connectivity index (χ2v) is 6.73. The molecule has 21 heavy (non-hydrogen) atoms. The molecule has 114 valence electrons. The number of aryl methyl sites for hydroxylation is 2. The smallest absolute Gasteiger partial charge is 0.244 e. The number of hydrogen-bond acceptors (Lipinski definition) is 4. The minimum Gasteiger partial charge on any atom is -0.271 e. The summed E-state index contributed by atoms with van der Waals surface area (Å²) in [5.74, 6) is 0. The highest BCUT2D eigenvalue weighted by atomic mass is 32.2. The van der Waals surface area contributed by atoms with Gasteiger partial charge in [0, 0.05) is 30.7 Å². The molecule has 0 radical (unpaired) electrons. The standard InChI is InChI=1S/C14H20N4O2S/c1-4-7-18-10-14(9-16-18)21(19,20)17-12(3)13-6-5-11(2)15-8-13/h5-6,8-10,12,17H,4,7H2,1-3H3. The van der Waals surface area contributed by atoms with E-state index in [1.807, 2.05) is 26.0 Å². The molecule has 1 N–H and O–H groups in total. The number of nitrogens with zero attached hydrogens (tertiary/aromatic N) is 3. The maximum Gasteiger partial charge on any atom is 0.244 e. The average Bonchev–Trinajstić information content (AvgIpc) is 2.89. The van der Waals surface area contributed by atoms with Crippen molar-refractivity contribution in [2.24, 2.45) is 0 Å². The van der Waals surface area contributed by atoms with E-state index in [0.717, 1.165) is 17.7 Å². The lowest BCUT2D eigenvalue weighted by Gasteiger charge is -2.13. The highest BCUT2D eigenvalue weighted by Gasteiger charge is 2.20. The van der Waals surface area contributed by atoms with Crippen LogP contribution >= 0.6 is 0 Å². The van der Waals surface area contributed by atoms with Gasteiger partial charge in [0.2, 0.25) is 10.0 Å². The summed E-state index contributed by atoms with van der Waals surface area (Å²) in [4.78, 5) is 4.36. The monoisotopic (exact) mass is 308 g/mol. The van der Waals surface area contributed by atoms with Crippen LogP contribution in [0.2, 0.25) is 0 Å². The SMILES string of the molecule is CCCn1cc(S(=O)(=O)NC(C)c2ccc(C)nc2)cn1. The van der Waals surface area contributed by atoms with Gasteiger partial charge in [-0.25, -0.2) is 13.1 Å². The van der Waals surface area contributed by atoms with Gasteiger partial charge < -0.3 is 0 Å². The van der Waals surface area contributed by atoms with Crippen LogP contribution < -0.4 is 4.72 Å². The third kappa shape index (κ3) is 3.89. The van der Waals surface area contributed by atoms with Gasteiger partial charge in [0.15, 0.2) is 0 Å². The fourth-order valence-corrected chi connectivity index (χ4v) is 3.12. The molecule has 2 aromatic rings. The van der Waals surface area contributed by atoms with Crippen LogP contribution in [0.25, 0.3) is 0 Å². The Labute approximate surface area is 125 Å². The summed E-state index contributed by atoms with van der Waals surface area (Å²) in [5, 5.41) is 4.05. The zero-order valence-corrected chi connectivity index (χ0v) is 13.3. The summed E-state index contributed by atoms with van der Waals surface area (Å²) in [6, 6.07) is 3.38. The molecule has 0 aliphatic carbocycles. The fraction of sp³-hybridized carbons (Fsp3) is 0.429. The van der Waals surface area contributed by atoms with Crippen LogP contribution in [0.3, 0.4) is 0 Å². The largest absolute Gasteiger partial charge is 0.271 e. The molecule has 1 unspecified atom stereocenters. The Bertz CT molecular complexity index is 692. The van der Waals surface area contributed by atoms with Crippen LogP contribution in [0.5, 0.6) is 0 Å². The highest BCUT2D eigenvalue weighted by molar-refractivity contribution is 7.89. The van der Waals surface area contributed by atoms with Gasteiger partial charge >= 0.3 is 0 Å². The first-order chi connectivity index (χ1) is 9.92. The van der Waals surface area contributed by atoms with Crippen molar-refractivity contribution in [3.63, 3.8) is 0 Å². The number of rotatable bonds is 6. The molecule has 2 heterocycles. The van der Waals surface area contributed by atoms with E-state index in [0.29, 0.717) is 6.54 Å². The molecular weight excluding hydrogens is 288 g/mol. The molecule has 0 amide bonds. The van der Waals surface area contributed by atoms with Gasteiger partial charge in [0.25, 0.3) is 0 Å². The quantitative estimate of drug-likeness (QED) is 0.886. The molecule has 0 bridgehead atoms. The summed E-state index contributed by atoms with van der Waals surface area (Å²) in [7, 11) is -3.58. The first kappa shape index (κ1) is 15.7. The molecule has 0 saturated carbocycles. The number of aromatic nitrogens is 3. The molecule has 0 aliphatic rings. The third-order valence-corrected chi connectivity index (χ3v) is 4.63. The minimum atomic E-state index is -3.58. The van der Waals surface area contributed by atoms with Crippen molar-refractivity contribution in [2.45, 2.75) is 44.7 Å². The van der Waals surface area contributed by atoms with Crippen LogP contribution in [0.15, 0.2) is 35.6 Å². The van der Waals surface area contributed by atoms with Crippen molar-refractivity contribution < 1.29 is 8.42 Å². The van der Waals surface area contributed by atoms with Crippen molar-refractivity contribution in [1.82, 2.24) is 19.5 Å². The first-order valence-corrected chi connectivity index (χ1v) is 8.38. The normalized spacial score (nSPS) is 13.3. The zero-order valence-electron chi connectivity index (χ0n) is 12.4. The second kappa shape index (κ2) is 6.36. The van der Waals surface area contributed by atoms with Crippen molar-refractivity contribution in [3.8, 4) is 0 Å². The van der Waals surface area contributed by atoms with E-state index >= 15 is 0 Å². The predicted octanol–water partition coefficient (Wildman–Crippen LogP) is 2.04. The van der Waals surface area contributed by atoms with E-state index in [9.17, 15) is 8.42 Å². The van der Waals surface area contributed by atoms with Crippen LogP contribution in [0, 0.1) is 6.92 Å². The Kier molecular flexibility index (Phi) is 4.74. The van der Waals surface area contributed by atoms with Crippen molar-refractivity contribution in [3.05, 3.63) is 42.0 Å². The number of nitrogens with one attached hydrogen (secondary N) is 1. The molecule has 0 saturated heterocycles. The molecule has 2 rings (SSSR count). The number of hydrogen-bond donors (Lipinski definition) is 1. The van der Waals surface area contributed by atoms with Crippen molar-refractivity contribution >= 4 is 10.0 Å². The van der Waals surface area contributed by atoms with E-state index in [1.54, 1.807) is 24.0 Å². The topological polar surface area (TPSA) is 76.9 Å². The maximum absolute atomic E-state index is 12.3. The molecule has 0 fully saturated rings. The summed E-state index contributed by atoms with van der Waals surface area (Å²) < 4.78 is 28.9. The Morgan fingerprint density at radius 2 is 2.10 bits per heavy atom. The Morgan fingerprint density at radius 1 is 1.33 bits per heavy atom. The third-order valence-electron chi connectivity index (χ3n) is 3.14. The molecule has 0 aromatic carbocycles. The number of pyridine rings is 1. The van der Waals surface area contributed by atoms with E-state index < -0.39 is 10.0 Å². The lowest BCUT2D eigenvalue weighted by molar-refractivity contribution is 0.565. The Balaban J connectivity index is 2.14. The predicted molar refractivity (Wildman–Crippen MR) is 80.2 cm³/mol. The second-order valence-electron chi connectivity index (χ2n) is 5.01. The average molecular weight is 308 g/mol. The van der Waals surface area contributed by atoms with Gasteiger partial charge in [0.1, 0.15) is 4.90 Å². The lowest BCUT2D eigenvalue weighted by atomic mass is 10.1. The molecule has 0 spiro atoms. The fourth-order valence-electron chi connectivity index (χ4n) is 1.94. The van der Waals surface area contributed by atoms with Crippen molar-refractivity contribution in [1.29, 1.82) is 0 Å². The van der Waals surface area contributed by atoms with Crippen LogP contribution in [-0.2, 0) is 16.6 Å². The minimum absolute atomic E-state index is 0.183. The first-order valence-electron chi connectivity index (χ1n) is 6.89. The van der Waals surface area contributed by atoms with Crippen LogP contribution in [-0.4, -0.2) is 23.2 Å². The van der Waals surface area contributed by atoms with Gasteiger partial charge in [-0.05, 0) is 31.9 Å². The Hall–Kier alpha value is -1.73. The number of sulfonamides is 1. The summed E-state index contributed by atoms with van der Waals surface area (Å²) in [5.41, 5.74) is 1.72. The highest BCUT2D eigenvalue weighted by Crippen LogP contribution is 2.16. The lowest BCUT2D eigenvalue weighted by Crippen LogP contribution is -2.26. The van der Waals surface area contributed by atoms with Crippen LogP contribution in [0.4, 0.5) is 0 Å². The van der Waals surface area contributed by atoms with E-state index in [4.69, 9.17) is 0 Å². The molecule has 0 aliphatic heterocycles. The molecule has 1 atom stereocenters. The molecular formula is C14H20N4O2S. The molecule has 6 nitrogen and oxygen atoms in total. The van der Waals surface area contributed by atoms with Gasteiger partial charge in [-0.1, -0.05) is 13.0 Å². The van der Waals surface area contributed by atoms with Crippen LogP contribution in [0.1, 0.15) is 37.6 Å². The van der Waals surface area contributed by atoms with Gasteiger partial charge in [0.05, 0.1) is 6.20 Å². The van der Waals surface area contributed by atoms with Gasteiger partial charge in [-0.15, -0.1) is 0 Å². The summed E-state index contributed by atoms with van der Waals surface area (Å²) in [6.07, 6.45) is 5.51. The zero-order chi connectivity index (χ0) is 15.5. The van der Waals surface area contributed by atoms with Gasteiger partial charge in [-0.3, -0.25) is 9.67 Å². The van der Waals surface area contributed by atoms with Gasteiger partial charge in [-0.2, -0.15) is 5.10 Å². The maximum atomic E-state index is 12.3. The summed E-state index contributed by atoms with van der Waals surface area (Å²) >= 11 is 0. The van der Waals surface area contributed by atoms with Crippen molar-refractivity contribution in [2.75, 3.05) is 0 Å². The van der Waals surface area contributed by atoms with E-state index in [2.05, 4.69) is 14.8 Å². The van der Waals surface area contributed by atoms with E-state index in [-0.39, 0.29) is 10.9 Å². The molecule has 2 aromatic heterocycles. The van der Waals surface area contributed by atoms with E-state index in [1.165, 1.54) is 6.20 Å². The Morgan fingerprint density at radius 3 is 2.71 bits per heavy atom. The molecule has 7 heteroatoms.